The summed E-state index contributed by atoms with van der Waals surface area (Å²) in [6.07, 6.45) is 4.87. The predicted molar refractivity (Wildman–Crippen MR) is 130 cm³/mol. The van der Waals surface area contributed by atoms with Gasteiger partial charge in [-0.05, 0) is 45.2 Å². The molecule has 2 aromatic rings. The van der Waals surface area contributed by atoms with E-state index in [9.17, 15) is 9.59 Å². The van der Waals surface area contributed by atoms with Crippen LogP contribution in [0.2, 0.25) is 0 Å². The second-order valence-corrected chi connectivity index (χ2v) is 8.04. The molecule has 3 rings (SSSR count). The largest absolute Gasteiger partial charge is 0.368 e. The fourth-order valence-electron chi connectivity index (χ4n) is 3.85. The van der Waals surface area contributed by atoms with Crippen molar-refractivity contribution in [3.8, 4) is 6.07 Å². The first-order chi connectivity index (χ1) is 16.4. The number of primary amides is 1. The molecule has 2 amide bonds. The maximum Gasteiger partial charge on any atom is 0.254 e. The molecule has 1 aliphatic rings. The third-order valence-electron chi connectivity index (χ3n) is 5.64. The number of amides is 2. The number of aromatic nitrogens is 3. The number of rotatable bonds is 10. The van der Waals surface area contributed by atoms with Gasteiger partial charge in [0.1, 0.15) is 23.6 Å². The van der Waals surface area contributed by atoms with Gasteiger partial charge in [-0.2, -0.15) is 10.2 Å². The molecule has 4 N–H and O–H groups in total. The summed E-state index contributed by atoms with van der Waals surface area (Å²) in [5, 5.41) is 15.0. The van der Waals surface area contributed by atoms with Crippen LogP contribution in [0.5, 0.6) is 0 Å². The monoisotopic (exact) mass is 465 g/mol. The number of nitriles is 1. The second-order valence-electron chi connectivity index (χ2n) is 8.04. The van der Waals surface area contributed by atoms with Crippen LogP contribution in [0.15, 0.2) is 18.3 Å². The van der Waals surface area contributed by atoms with Gasteiger partial charge in [0.25, 0.3) is 5.91 Å². The third-order valence-corrected chi connectivity index (χ3v) is 5.64. The molecule has 0 atom stereocenters. The van der Waals surface area contributed by atoms with Gasteiger partial charge in [0, 0.05) is 32.7 Å². The van der Waals surface area contributed by atoms with Crippen molar-refractivity contribution in [1.29, 1.82) is 5.26 Å². The molecular weight excluding hydrogens is 434 g/mol. The number of anilines is 4. The number of pyridine rings is 1. The summed E-state index contributed by atoms with van der Waals surface area (Å²) < 4.78 is 0. The average Bonchev–Trinajstić information content (AvgIpc) is 2.83. The van der Waals surface area contributed by atoms with E-state index >= 15 is 0 Å². The molecule has 0 saturated carbocycles. The lowest BCUT2D eigenvalue weighted by atomic mass is 10.1. The van der Waals surface area contributed by atoms with Gasteiger partial charge >= 0.3 is 0 Å². The summed E-state index contributed by atoms with van der Waals surface area (Å²) in [5.41, 5.74) is 7.04. The zero-order valence-electron chi connectivity index (χ0n) is 19.7. The number of carbonyl (C=O) groups excluding carboxylic acids is 2. The smallest absolute Gasteiger partial charge is 0.254 e. The highest BCUT2D eigenvalue weighted by atomic mass is 16.2. The van der Waals surface area contributed by atoms with Crippen LogP contribution in [0, 0.1) is 18.3 Å². The average molecular weight is 466 g/mol. The Balaban J connectivity index is 1.68. The summed E-state index contributed by atoms with van der Waals surface area (Å²) >= 11 is 0. The molecule has 0 radical (unpaired) electrons. The molecule has 2 aromatic heterocycles. The van der Waals surface area contributed by atoms with Crippen molar-refractivity contribution >= 4 is 35.1 Å². The normalized spacial score (nSPS) is 13.1. The SMILES string of the molecule is CCN(CCNc1ccc(Nc2nc(N3CCCCC3)nc(C)c2C(N)=O)cn1)C(=O)CC#N. The van der Waals surface area contributed by atoms with E-state index in [0.717, 1.165) is 25.9 Å². The lowest BCUT2D eigenvalue weighted by molar-refractivity contribution is -0.129. The Morgan fingerprint density at radius 1 is 1.24 bits per heavy atom. The van der Waals surface area contributed by atoms with Crippen molar-refractivity contribution in [2.75, 3.05) is 48.3 Å². The number of likely N-dealkylation sites (N-methyl/N-ethyl adjacent to an activating group) is 1. The number of carbonyl (C=O) groups is 2. The second kappa shape index (κ2) is 11.8. The van der Waals surface area contributed by atoms with Crippen molar-refractivity contribution in [2.24, 2.45) is 5.73 Å². The van der Waals surface area contributed by atoms with Crippen LogP contribution in [0.3, 0.4) is 0 Å². The summed E-state index contributed by atoms with van der Waals surface area (Å²) in [5.74, 6) is 0.800. The molecule has 11 heteroatoms. The molecule has 0 unspecified atom stereocenters. The number of piperidine rings is 1. The van der Waals surface area contributed by atoms with Gasteiger partial charge in [0.05, 0.1) is 23.6 Å². The first-order valence-corrected chi connectivity index (χ1v) is 11.5. The Morgan fingerprint density at radius 2 is 2.00 bits per heavy atom. The molecule has 1 aliphatic heterocycles. The topological polar surface area (TPSA) is 153 Å². The number of hydrogen-bond acceptors (Lipinski definition) is 9. The molecule has 1 fully saturated rings. The molecular formula is C23H31N9O2. The maximum absolute atomic E-state index is 12.1. The van der Waals surface area contributed by atoms with Crippen molar-refractivity contribution < 1.29 is 9.59 Å². The van der Waals surface area contributed by atoms with Crippen LogP contribution in [0.4, 0.5) is 23.3 Å². The lowest BCUT2D eigenvalue weighted by Crippen LogP contribution is -2.34. The zero-order chi connectivity index (χ0) is 24.5. The van der Waals surface area contributed by atoms with Crippen LogP contribution < -0.4 is 21.3 Å². The van der Waals surface area contributed by atoms with E-state index in [2.05, 4.69) is 30.5 Å². The van der Waals surface area contributed by atoms with Gasteiger partial charge in [-0.15, -0.1) is 0 Å². The lowest BCUT2D eigenvalue weighted by Gasteiger charge is -2.27. The van der Waals surface area contributed by atoms with E-state index < -0.39 is 5.91 Å². The quantitative estimate of drug-likeness (QED) is 0.479. The first-order valence-electron chi connectivity index (χ1n) is 11.5. The molecule has 0 aliphatic carbocycles. The van der Waals surface area contributed by atoms with Crippen LogP contribution >= 0.6 is 0 Å². The number of nitrogens with one attached hydrogen (secondary N) is 2. The van der Waals surface area contributed by atoms with Crippen LogP contribution in [-0.2, 0) is 4.79 Å². The predicted octanol–water partition coefficient (Wildman–Crippen LogP) is 2.19. The van der Waals surface area contributed by atoms with Crippen LogP contribution in [0.1, 0.15) is 48.7 Å². The summed E-state index contributed by atoms with van der Waals surface area (Å²) in [6, 6.07) is 5.49. The molecule has 3 heterocycles. The van der Waals surface area contributed by atoms with E-state index in [4.69, 9.17) is 11.0 Å². The van der Waals surface area contributed by atoms with E-state index in [1.165, 1.54) is 6.42 Å². The Bertz CT molecular complexity index is 1040. The minimum Gasteiger partial charge on any atom is -0.368 e. The summed E-state index contributed by atoms with van der Waals surface area (Å²) in [6.45, 7) is 6.91. The Morgan fingerprint density at radius 3 is 2.62 bits per heavy atom. The van der Waals surface area contributed by atoms with E-state index in [-0.39, 0.29) is 17.9 Å². The van der Waals surface area contributed by atoms with E-state index in [0.29, 0.717) is 48.6 Å². The van der Waals surface area contributed by atoms with Crippen molar-refractivity contribution in [3.63, 3.8) is 0 Å². The van der Waals surface area contributed by atoms with E-state index in [1.54, 1.807) is 24.1 Å². The standard InChI is InChI=1S/C23H31N9O2/c1-3-31(19(33)9-10-24)14-11-26-18-8-7-17(15-27-18)29-22-20(21(25)34)16(2)28-23(30-22)32-12-5-4-6-13-32/h7-8,15H,3-6,9,11-14H2,1-2H3,(H2,25,34)(H,26,27)(H,28,29,30). The Kier molecular flexibility index (Phi) is 8.56. The number of nitrogens with two attached hydrogens (primary N) is 1. The summed E-state index contributed by atoms with van der Waals surface area (Å²) in [7, 11) is 0. The number of aryl methyl sites for hydroxylation is 1. The molecule has 0 spiro atoms. The zero-order valence-corrected chi connectivity index (χ0v) is 19.7. The molecule has 34 heavy (non-hydrogen) atoms. The van der Waals surface area contributed by atoms with Crippen LogP contribution in [-0.4, -0.2) is 64.4 Å². The van der Waals surface area contributed by atoms with Gasteiger partial charge in [-0.1, -0.05) is 0 Å². The fourth-order valence-corrected chi connectivity index (χ4v) is 3.85. The maximum atomic E-state index is 12.1. The molecule has 180 valence electrons. The third kappa shape index (κ3) is 6.31. The van der Waals surface area contributed by atoms with E-state index in [1.807, 2.05) is 19.1 Å². The van der Waals surface area contributed by atoms with Crippen LogP contribution in [0.25, 0.3) is 0 Å². The molecule has 0 bridgehead atoms. The Labute approximate surface area is 199 Å². The van der Waals surface area contributed by atoms with Gasteiger partial charge in [-0.3, -0.25) is 9.59 Å². The molecule has 11 nitrogen and oxygen atoms in total. The van der Waals surface area contributed by atoms with Crippen molar-refractivity contribution in [3.05, 3.63) is 29.6 Å². The minimum absolute atomic E-state index is 0.123. The number of hydrogen-bond donors (Lipinski definition) is 3. The van der Waals surface area contributed by atoms with Gasteiger partial charge in [0.15, 0.2) is 0 Å². The number of nitrogens with zero attached hydrogens (tertiary/aromatic N) is 6. The van der Waals surface area contributed by atoms with Crippen molar-refractivity contribution in [2.45, 2.75) is 39.5 Å². The highest BCUT2D eigenvalue weighted by Crippen LogP contribution is 2.25. The summed E-state index contributed by atoms with van der Waals surface area (Å²) in [4.78, 5) is 41.2. The molecule has 0 aromatic carbocycles. The van der Waals surface area contributed by atoms with Gasteiger partial charge in [-0.25, -0.2) is 9.97 Å². The highest BCUT2D eigenvalue weighted by Gasteiger charge is 2.21. The van der Waals surface area contributed by atoms with Gasteiger partial charge < -0.3 is 26.2 Å². The first kappa shape index (κ1) is 24.7. The highest BCUT2D eigenvalue weighted by molar-refractivity contribution is 5.99. The molecule has 1 saturated heterocycles. The Hall–Kier alpha value is -3.94. The minimum atomic E-state index is -0.595. The van der Waals surface area contributed by atoms with Crippen molar-refractivity contribution in [1.82, 2.24) is 19.9 Å². The fraction of sp³-hybridized carbons (Fsp3) is 0.478. The van der Waals surface area contributed by atoms with Gasteiger partial charge in [0.2, 0.25) is 11.9 Å².